The van der Waals surface area contributed by atoms with E-state index in [1.54, 1.807) is 0 Å². The molecule has 1 aromatic rings. The molecule has 2 rings (SSSR count). The molecule has 1 aliphatic rings. The lowest BCUT2D eigenvalue weighted by Gasteiger charge is -2.38. The van der Waals surface area contributed by atoms with Crippen LogP contribution in [0.1, 0.15) is 42.0 Å². The number of carbonyl (C=O) groups is 1. The molecule has 116 valence electrons. The maximum Gasteiger partial charge on any atom is 0.332 e. The Morgan fingerprint density at radius 3 is 2.48 bits per heavy atom. The number of rotatable bonds is 3. The van der Waals surface area contributed by atoms with Gasteiger partial charge in [0.15, 0.2) is 6.10 Å². The van der Waals surface area contributed by atoms with Gasteiger partial charge in [0, 0.05) is 12.0 Å². The van der Waals surface area contributed by atoms with E-state index in [9.17, 15) is 15.0 Å². The molecule has 0 amide bonds. The average molecular weight is 294 g/mol. The normalized spacial score (nSPS) is 22.3. The fourth-order valence-corrected chi connectivity index (χ4v) is 2.93. The minimum Gasteiger partial charge on any atom is -0.507 e. The number of aliphatic hydroxyl groups excluding tert-OH is 1. The van der Waals surface area contributed by atoms with Crippen molar-refractivity contribution in [3.05, 3.63) is 22.3 Å². The van der Waals surface area contributed by atoms with Crippen LogP contribution in [-0.4, -0.2) is 33.0 Å². The lowest BCUT2D eigenvalue weighted by atomic mass is 9.84. The molecule has 1 aromatic carbocycles. The summed E-state index contributed by atoms with van der Waals surface area (Å²) in [6.45, 7) is 7.39. The van der Waals surface area contributed by atoms with E-state index in [0.717, 1.165) is 22.3 Å². The molecule has 5 heteroatoms. The second kappa shape index (κ2) is 5.22. The maximum absolute atomic E-state index is 10.8. The van der Waals surface area contributed by atoms with Crippen molar-refractivity contribution in [2.45, 2.75) is 58.7 Å². The van der Waals surface area contributed by atoms with Gasteiger partial charge < -0.3 is 20.1 Å². The third-order valence-corrected chi connectivity index (χ3v) is 4.50. The minimum atomic E-state index is -1.43. The van der Waals surface area contributed by atoms with Crippen LogP contribution in [0.5, 0.6) is 11.5 Å². The van der Waals surface area contributed by atoms with Gasteiger partial charge in [-0.15, -0.1) is 0 Å². The van der Waals surface area contributed by atoms with Gasteiger partial charge in [-0.3, -0.25) is 0 Å². The zero-order chi connectivity index (χ0) is 15.9. The molecule has 0 bridgehead atoms. The molecule has 0 aromatic heterocycles. The number of fused-ring (bicyclic) bond motifs is 1. The van der Waals surface area contributed by atoms with Crippen LogP contribution in [0.2, 0.25) is 0 Å². The van der Waals surface area contributed by atoms with Gasteiger partial charge >= 0.3 is 5.97 Å². The van der Waals surface area contributed by atoms with Gasteiger partial charge in [-0.1, -0.05) is 0 Å². The lowest BCUT2D eigenvalue weighted by molar-refractivity contribution is -0.149. The predicted molar refractivity (Wildman–Crippen MR) is 77.9 cm³/mol. The Labute approximate surface area is 124 Å². The highest BCUT2D eigenvalue weighted by molar-refractivity contribution is 5.72. The molecule has 21 heavy (non-hydrogen) atoms. The van der Waals surface area contributed by atoms with Crippen molar-refractivity contribution in [1.82, 2.24) is 0 Å². The van der Waals surface area contributed by atoms with Gasteiger partial charge in [0.1, 0.15) is 17.1 Å². The first-order valence-electron chi connectivity index (χ1n) is 7.08. The summed E-state index contributed by atoms with van der Waals surface area (Å²) in [6, 6.07) is 0. The first-order valence-corrected chi connectivity index (χ1v) is 7.08. The third kappa shape index (κ3) is 2.70. The van der Waals surface area contributed by atoms with E-state index in [2.05, 4.69) is 0 Å². The van der Waals surface area contributed by atoms with Crippen molar-refractivity contribution in [1.29, 1.82) is 0 Å². The highest BCUT2D eigenvalue weighted by atomic mass is 16.5. The second-order valence-electron chi connectivity index (χ2n) is 6.14. The predicted octanol–water partition coefficient (Wildman–Crippen LogP) is 2.24. The summed E-state index contributed by atoms with van der Waals surface area (Å²) in [5, 5.41) is 28.6. The van der Waals surface area contributed by atoms with E-state index < -0.39 is 17.7 Å². The fourth-order valence-electron chi connectivity index (χ4n) is 2.93. The van der Waals surface area contributed by atoms with Crippen molar-refractivity contribution in [3.63, 3.8) is 0 Å². The molecule has 0 saturated heterocycles. The molecule has 0 radical (unpaired) electrons. The quantitative estimate of drug-likeness (QED) is 0.796. The summed E-state index contributed by atoms with van der Waals surface area (Å²) >= 11 is 0. The SMILES string of the molecule is Cc1c(C)c2c(c(C)c1O)CCC(C)(CC(O)C(=O)O)O2. The van der Waals surface area contributed by atoms with Crippen molar-refractivity contribution in [3.8, 4) is 11.5 Å². The zero-order valence-corrected chi connectivity index (χ0v) is 12.9. The Hall–Kier alpha value is -1.75. The summed E-state index contributed by atoms with van der Waals surface area (Å²) in [5.74, 6) is -0.224. The van der Waals surface area contributed by atoms with E-state index in [4.69, 9.17) is 9.84 Å². The highest BCUT2D eigenvalue weighted by Crippen LogP contribution is 2.44. The van der Waals surface area contributed by atoms with Crippen LogP contribution in [0.25, 0.3) is 0 Å². The molecule has 2 atom stereocenters. The maximum atomic E-state index is 10.8. The van der Waals surface area contributed by atoms with Crippen LogP contribution >= 0.6 is 0 Å². The Morgan fingerprint density at radius 1 is 1.29 bits per heavy atom. The second-order valence-corrected chi connectivity index (χ2v) is 6.14. The van der Waals surface area contributed by atoms with Crippen LogP contribution in [0.4, 0.5) is 0 Å². The molecule has 1 aliphatic heterocycles. The van der Waals surface area contributed by atoms with Crippen molar-refractivity contribution in [2.24, 2.45) is 0 Å². The van der Waals surface area contributed by atoms with Gasteiger partial charge in [0.2, 0.25) is 0 Å². The molecule has 0 saturated carbocycles. The topological polar surface area (TPSA) is 87.0 Å². The van der Waals surface area contributed by atoms with E-state index in [1.807, 2.05) is 27.7 Å². The molecule has 0 aliphatic carbocycles. The monoisotopic (exact) mass is 294 g/mol. The van der Waals surface area contributed by atoms with Gasteiger partial charge in [0.05, 0.1) is 0 Å². The molecule has 3 N–H and O–H groups in total. The first-order chi connectivity index (χ1) is 9.66. The highest BCUT2D eigenvalue weighted by Gasteiger charge is 2.37. The van der Waals surface area contributed by atoms with Crippen molar-refractivity contribution in [2.75, 3.05) is 0 Å². The summed E-state index contributed by atoms with van der Waals surface area (Å²) in [6.07, 6.45) is -0.0948. The zero-order valence-electron chi connectivity index (χ0n) is 12.9. The smallest absolute Gasteiger partial charge is 0.332 e. The van der Waals surface area contributed by atoms with Crippen LogP contribution in [0, 0.1) is 20.8 Å². The Kier molecular flexibility index (Phi) is 3.89. The Bertz CT molecular complexity index is 593. The number of aliphatic carboxylic acids is 1. The largest absolute Gasteiger partial charge is 0.507 e. The Morgan fingerprint density at radius 2 is 1.90 bits per heavy atom. The number of phenolic OH excluding ortho intramolecular Hbond substituents is 1. The first kappa shape index (κ1) is 15.6. The number of carboxylic acids is 1. The van der Waals surface area contributed by atoms with E-state index in [1.165, 1.54) is 0 Å². The van der Waals surface area contributed by atoms with Gasteiger partial charge in [-0.25, -0.2) is 4.79 Å². The van der Waals surface area contributed by atoms with Gasteiger partial charge in [-0.05, 0) is 57.2 Å². The molecular weight excluding hydrogens is 272 g/mol. The van der Waals surface area contributed by atoms with E-state index >= 15 is 0 Å². The number of hydrogen-bond donors (Lipinski definition) is 3. The van der Waals surface area contributed by atoms with Crippen LogP contribution in [0.3, 0.4) is 0 Å². The summed E-state index contributed by atoms with van der Waals surface area (Å²) in [4.78, 5) is 10.8. The van der Waals surface area contributed by atoms with Crippen molar-refractivity contribution < 1.29 is 24.9 Å². The molecule has 5 nitrogen and oxygen atoms in total. The standard InChI is InChI=1S/C16H22O5/c1-8-9(2)14-11(10(3)13(8)18)5-6-16(4,21-14)7-12(17)15(19)20/h12,17-18H,5-7H2,1-4H3,(H,19,20). The number of benzene rings is 1. The number of hydrogen-bond acceptors (Lipinski definition) is 4. The van der Waals surface area contributed by atoms with Crippen LogP contribution in [-0.2, 0) is 11.2 Å². The average Bonchev–Trinajstić information content (AvgIpc) is 2.42. The molecule has 0 fully saturated rings. The fraction of sp³-hybridized carbons (Fsp3) is 0.562. The summed E-state index contributed by atoms with van der Waals surface area (Å²) < 4.78 is 6.05. The van der Waals surface area contributed by atoms with E-state index in [-0.39, 0.29) is 6.42 Å². The van der Waals surface area contributed by atoms with E-state index in [0.29, 0.717) is 24.3 Å². The van der Waals surface area contributed by atoms with Crippen molar-refractivity contribution >= 4 is 5.97 Å². The van der Waals surface area contributed by atoms with Gasteiger partial charge in [0.25, 0.3) is 0 Å². The Balaban J connectivity index is 2.38. The lowest BCUT2D eigenvalue weighted by Crippen LogP contribution is -2.42. The summed E-state index contributed by atoms with van der Waals surface area (Å²) in [7, 11) is 0. The third-order valence-electron chi connectivity index (χ3n) is 4.50. The number of aliphatic hydroxyl groups is 1. The molecule has 1 heterocycles. The van der Waals surface area contributed by atoms with Crippen LogP contribution in [0.15, 0.2) is 0 Å². The molecule has 2 unspecified atom stereocenters. The molecular formula is C16H22O5. The summed E-state index contributed by atoms with van der Waals surface area (Å²) in [5.41, 5.74) is 2.70. The van der Waals surface area contributed by atoms with Gasteiger partial charge in [-0.2, -0.15) is 0 Å². The number of aromatic hydroxyl groups is 1. The molecule has 0 spiro atoms. The minimum absolute atomic E-state index is 0.0419. The number of carboxylic acid groups (broad SMARTS) is 1. The number of phenols is 1. The van der Waals surface area contributed by atoms with Crippen LogP contribution < -0.4 is 4.74 Å². The number of ether oxygens (including phenoxy) is 1.